The summed E-state index contributed by atoms with van der Waals surface area (Å²) >= 11 is 0. The SMILES string of the molecule is Cc1cccc(NC(=O)C(C)(C)C(=O)N2CCc3ccccc3C2)c1. The Balaban J connectivity index is 1.73. The van der Waals surface area contributed by atoms with Crippen LogP contribution in [0.5, 0.6) is 0 Å². The summed E-state index contributed by atoms with van der Waals surface area (Å²) in [5, 5.41) is 2.88. The average Bonchev–Trinajstić information content (AvgIpc) is 2.60. The van der Waals surface area contributed by atoms with Gasteiger partial charge in [0.15, 0.2) is 0 Å². The second-order valence-corrected chi connectivity index (χ2v) is 7.19. The smallest absolute Gasteiger partial charge is 0.239 e. The van der Waals surface area contributed by atoms with Crippen LogP contribution in [0.3, 0.4) is 0 Å². The van der Waals surface area contributed by atoms with Gasteiger partial charge in [-0.25, -0.2) is 0 Å². The number of nitrogens with one attached hydrogen (secondary N) is 1. The van der Waals surface area contributed by atoms with Crippen molar-refractivity contribution in [3.8, 4) is 0 Å². The van der Waals surface area contributed by atoms with Crippen molar-refractivity contribution in [3.05, 3.63) is 65.2 Å². The summed E-state index contributed by atoms with van der Waals surface area (Å²) in [4.78, 5) is 27.5. The van der Waals surface area contributed by atoms with E-state index in [0.717, 1.165) is 23.2 Å². The Morgan fingerprint density at radius 2 is 1.76 bits per heavy atom. The molecular formula is C21H24N2O2. The van der Waals surface area contributed by atoms with Crippen LogP contribution in [0, 0.1) is 12.3 Å². The molecule has 1 heterocycles. The number of hydrogen-bond donors (Lipinski definition) is 1. The van der Waals surface area contributed by atoms with Crippen molar-refractivity contribution in [2.75, 3.05) is 11.9 Å². The van der Waals surface area contributed by atoms with Crippen LogP contribution in [-0.2, 0) is 22.6 Å². The van der Waals surface area contributed by atoms with E-state index in [1.54, 1.807) is 18.7 Å². The van der Waals surface area contributed by atoms with Crippen molar-refractivity contribution in [3.63, 3.8) is 0 Å². The zero-order chi connectivity index (χ0) is 18.0. The number of amides is 2. The molecule has 0 spiro atoms. The maximum Gasteiger partial charge on any atom is 0.239 e. The number of hydrogen-bond acceptors (Lipinski definition) is 2. The predicted octanol–water partition coefficient (Wildman–Crippen LogP) is 3.54. The van der Waals surface area contributed by atoms with Gasteiger partial charge in [0.1, 0.15) is 5.41 Å². The van der Waals surface area contributed by atoms with E-state index in [2.05, 4.69) is 17.4 Å². The topological polar surface area (TPSA) is 49.4 Å². The molecular weight excluding hydrogens is 312 g/mol. The van der Waals surface area contributed by atoms with Gasteiger partial charge >= 0.3 is 0 Å². The number of aryl methyl sites for hydroxylation is 1. The molecule has 2 amide bonds. The maximum absolute atomic E-state index is 13.0. The molecule has 25 heavy (non-hydrogen) atoms. The van der Waals surface area contributed by atoms with Crippen molar-refractivity contribution in [1.29, 1.82) is 0 Å². The maximum atomic E-state index is 13.0. The molecule has 0 saturated carbocycles. The fourth-order valence-electron chi connectivity index (χ4n) is 3.17. The van der Waals surface area contributed by atoms with Crippen molar-refractivity contribution in [1.82, 2.24) is 4.90 Å². The third-order valence-electron chi connectivity index (χ3n) is 4.80. The van der Waals surface area contributed by atoms with Gasteiger partial charge in [0.2, 0.25) is 11.8 Å². The zero-order valence-corrected chi connectivity index (χ0v) is 15.0. The molecule has 0 aliphatic carbocycles. The minimum absolute atomic E-state index is 0.132. The van der Waals surface area contributed by atoms with Crippen LogP contribution in [0.15, 0.2) is 48.5 Å². The van der Waals surface area contributed by atoms with E-state index < -0.39 is 5.41 Å². The number of carbonyl (C=O) groups excluding carboxylic acids is 2. The third-order valence-corrected chi connectivity index (χ3v) is 4.80. The molecule has 2 aromatic rings. The first-order valence-corrected chi connectivity index (χ1v) is 8.62. The minimum atomic E-state index is -1.12. The molecule has 0 radical (unpaired) electrons. The first-order chi connectivity index (χ1) is 11.9. The quantitative estimate of drug-likeness (QED) is 0.872. The van der Waals surface area contributed by atoms with E-state index in [1.165, 1.54) is 5.56 Å². The third kappa shape index (κ3) is 3.58. The fourth-order valence-corrected chi connectivity index (χ4v) is 3.17. The summed E-state index contributed by atoms with van der Waals surface area (Å²) in [5.41, 5.74) is 3.12. The van der Waals surface area contributed by atoms with E-state index in [0.29, 0.717) is 13.1 Å². The molecule has 1 aliphatic rings. The van der Waals surface area contributed by atoms with Gasteiger partial charge in [-0.3, -0.25) is 9.59 Å². The summed E-state index contributed by atoms with van der Waals surface area (Å²) in [6, 6.07) is 15.8. The molecule has 130 valence electrons. The molecule has 3 rings (SSSR count). The molecule has 1 N–H and O–H groups in total. The minimum Gasteiger partial charge on any atom is -0.337 e. The van der Waals surface area contributed by atoms with E-state index in [-0.39, 0.29) is 11.8 Å². The lowest BCUT2D eigenvalue weighted by Gasteiger charge is -2.34. The number of rotatable bonds is 3. The van der Waals surface area contributed by atoms with E-state index in [4.69, 9.17) is 0 Å². The molecule has 0 aromatic heterocycles. The van der Waals surface area contributed by atoms with Gasteiger partial charge in [0.25, 0.3) is 0 Å². The Labute approximate surface area is 148 Å². The lowest BCUT2D eigenvalue weighted by atomic mass is 9.88. The number of nitrogens with zero attached hydrogens (tertiary/aromatic N) is 1. The van der Waals surface area contributed by atoms with E-state index >= 15 is 0 Å². The molecule has 4 nitrogen and oxygen atoms in total. The highest BCUT2D eigenvalue weighted by Crippen LogP contribution is 2.26. The lowest BCUT2D eigenvalue weighted by Crippen LogP contribution is -2.48. The normalized spacial score (nSPS) is 14.0. The number of fused-ring (bicyclic) bond motifs is 1. The van der Waals surface area contributed by atoms with Gasteiger partial charge in [-0.05, 0) is 56.0 Å². The summed E-state index contributed by atoms with van der Waals surface area (Å²) < 4.78 is 0. The standard InChI is InChI=1S/C21H24N2O2/c1-15-7-6-10-18(13-15)22-19(24)21(2,3)20(25)23-12-11-16-8-4-5-9-17(16)14-23/h4-10,13H,11-12,14H2,1-3H3,(H,22,24). The van der Waals surface area contributed by atoms with Crippen molar-refractivity contribution in [2.45, 2.75) is 33.7 Å². The Hall–Kier alpha value is -2.62. The molecule has 0 fully saturated rings. The molecule has 2 aromatic carbocycles. The highest BCUT2D eigenvalue weighted by molar-refractivity contribution is 6.09. The van der Waals surface area contributed by atoms with Gasteiger partial charge in [-0.1, -0.05) is 36.4 Å². The average molecular weight is 336 g/mol. The Morgan fingerprint density at radius 1 is 1.04 bits per heavy atom. The summed E-state index contributed by atoms with van der Waals surface area (Å²) in [7, 11) is 0. The molecule has 1 aliphatic heterocycles. The van der Waals surface area contributed by atoms with Crippen LogP contribution in [0.4, 0.5) is 5.69 Å². The van der Waals surface area contributed by atoms with Crippen LogP contribution in [0.25, 0.3) is 0 Å². The largest absolute Gasteiger partial charge is 0.337 e. The highest BCUT2D eigenvalue weighted by Gasteiger charge is 2.40. The molecule has 0 atom stereocenters. The van der Waals surface area contributed by atoms with Gasteiger partial charge in [0, 0.05) is 18.8 Å². The van der Waals surface area contributed by atoms with Gasteiger partial charge in [-0.15, -0.1) is 0 Å². The van der Waals surface area contributed by atoms with E-state index in [9.17, 15) is 9.59 Å². The highest BCUT2D eigenvalue weighted by atomic mass is 16.2. The number of carbonyl (C=O) groups is 2. The first-order valence-electron chi connectivity index (χ1n) is 8.62. The summed E-state index contributed by atoms with van der Waals surface area (Å²) in [6.45, 7) is 6.58. The summed E-state index contributed by atoms with van der Waals surface area (Å²) in [6.07, 6.45) is 0.831. The molecule has 0 saturated heterocycles. The van der Waals surface area contributed by atoms with Gasteiger partial charge < -0.3 is 10.2 Å². The predicted molar refractivity (Wildman–Crippen MR) is 99.2 cm³/mol. The van der Waals surface area contributed by atoms with Crippen LogP contribution >= 0.6 is 0 Å². The molecule has 4 heteroatoms. The Bertz CT molecular complexity index is 811. The fraction of sp³-hybridized carbons (Fsp3) is 0.333. The molecule has 0 unspecified atom stereocenters. The van der Waals surface area contributed by atoms with Gasteiger partial charge in [-0.2, -0.15) is 0 Å². The Kier molecular flexibility index (Phi) is 4.62. The lowest BCUT2D eigenvalue weighted by molar-refractivity contribution is -0.147. The van der Waals surface area contributed by atoms with Crippen LogP contribution < -0.4 is 5.32 Å². The van der Waals surface area contributed by atoms with E-state index in [1.807, 2.05) is 43.3 Å². The van der Waals surface area contributed by atoms with Crippen LogP contribution in [-0.4, -0.2) is 23.3 Å². The zero-order valence-electron chi connectivity index (χ0n) is 15.0. The van der Waals surface area contributed by atoms with Crippen LogP contribution in [0.1, 0.15) is 30.5 Å². The van der Waals surface area contributed by atoms with Gasteiger partial charge in [0.05, 0.1) is 0 Å². The monoisotopic (exact) mass is 336 g/mol. The Morgan fingerprint density at radius 3 is 2.48 bits per heavy atom. The van der Waals surface area contributed by atoms with Crippen molar-refractivity contribution >= 4 is 17.5 Å². The number of benzene rings is 2. The summed E-state index contributed by atoms with van der Waals surface area (Å²) in [5.74, 6) is -0.408. The van der Waals surface area contributed by atoms with Crippen LogP contribution in [0.2, 0.25) is 0 Å². The van der Waals surface area contributed by atoms with Crippen molar-refractivity contribution < 1.29 is 9.59 Å². The first kappa shape index (κ1) is 17.2. The second kappa shape index (κ2) is 6.71. The second-order valence-electron chi connectivity index (χ2n) is 7.19. The van der Waals surface area contributed by atoms with Crippen molar-refractivity contribution in [2.24, 2.45) is 5.41 Å². The number of anilines is 1. The molecule has 0 bridgehead atoms.